The van der Waals surface area contributed by atoms with Crippen LogP contribution in [0.4, 0.5) is 18.9 Å². The lowest BCUT2D eigenvalue weighted by Crippen LogP contribution is -2.25. The van der Waals surface area contributed by atoms with E-state index < -0.39 is 23.0 Å². The average molecular weight is 382 g/mol. The van der Waals surface area contributed by atoms with E-state index in [9.17, 15) is 18.0 Å². The Morgan fingerprint density at radius 2 is 1.71 bits per heavy atom. The van der Waals surface area contributed by atoms with E-state index in [0.29, 0.717) is 5.56 Å². The summed E-state index contributed by atoms with van der Waals surface area (Å²) >= 11 is 0. The zero-order valence-corrected chi connectivity index (χ0v) is 15.3. The Hall–Kier alpha value is -3.33. The van der Waals surface area contributed by atoms with Gasteiger partial charge < -0.3 is 4.57 Å². The van der Waals surface area contributed by atoms with Crippen molar-refractivity contribution in [1.29, 1.82) is 0 Å². The largest absolute Gasteiger partial charge is 0.407 e. The molecule has 1 heterocycles. The first-order chi connectivity index (χ1) is 13.2. The molecule has 3 rings (SSSR count). The third-order valence-corrected chi connectivity index (χ3v) is 4.81. The first-order valence-electron chi connectivity index (χ1n) is 8.57. The molecule has 0 N–H and O–H groups in total. The fourth-order valence-electron chi connectivity index (χ4n) is 3.12. The summed E-state index contributed by atoms with van der Waals surface area (Å²) in [5, 5.41) is 0. The highest BCUT2D eigenvalue weighted by molar-refractivity contribution is 5.66. The van der Waals surface area contributed by atoms with Crippen molar-refractivity contribution in [3.8, 4) is 11.3 Å². The van der Waals surface area contributed by atoms with E-state index >= 15 is 0 Å². The van der Waals surface area contributed by atoms with E-state index in [-0.39, 0.29) is 12.2 Å². The van der Waals surface area contributed by atoms with Crippen molar-refractivity contribution in [2.75, 3.05) is 0 Å². The van der Waals surface area contributed by atoms with Crippen molar-refractivity contribution in [3.05, 3.63) is 98.6 Å². The number of halogens is 3. The van der Waals surface area contributed by atoms with E-state index in [4.69, 9.17) is 6.57 Å². The molecule has 0 amide bonds. The van der Waals surface area contributed by atoms with Gasteiger partial charge in [0.1, 0.15) is 0 Å². The maximum Gasteiger partial charge on any atom is 0.407 e. The number of rotatable bonds is 3. The van der Waals surface area contributed by atoms with E-state index in [1.54, 1.807) is 30.3 Å². The minimum atomic E-state index is -4.79. The van der Waals surface area contributed by atoms with Crippen molar-refractivity contribution >= 4 is 5.69 Å². The van der Waals surface area contributed by atoms with Crippen LogP contribution in [0.3, 0.4) is 0 Å². The van der Waals surface area contributed by atoms with Gasteiger partial charge in [0.2, 0.25) is 0 Å². The summed E-state index contributed by atoms with van der Waals surface area (Å²) in [7, 11) is 0. The molecule has 6 heteroatoms. The van der Waals surface area contributed by atoms with Gasteiger partial charge in [-0.05, 0) is 42.2 Å². The van der Waals surface area contributed by atoms with Gasteiger partial charge in [-0.2, -0.15) is 13.2 Å². The van der Waals surface area contributed by atoms with Crippen LogP contribution in [0.25, 0.3) is 16.1 Å². The third-order valence-electron chi connectivity index (χ3n) is 4.81. The first kappa shape index (κ1) is 19.4. The number of benzene rings is 2. The van der Waals surface area contributed by atoms with Gasteiger partial charge in [0.05, 0.1) is 18.7 Å². The molecule has 0 spiro atoms. The van der Waals surface area contributed by atoms with Gasteiger partial charge >= 0.3 is 6.18 Å². The molecule has 0 aliphatic rings. The molecular weight excluding hydrogens is 365 g/mol. The normalized spacial score (nSPS) is 11.3. The van der Waals surface area contributed by atoms with Gasteiger partial charge in [0, 0.05) is 5.69 Å². The number of aryl methyl sites for hydroxylation is 1. The topological polar surface area (TPSA) is 26.4 Å². The molecular formula is C22H17F3N2O. The fraction of sp³-hybridized carbons (Fsp3) is 0.182. The van der Waals surface area contributed by atoms with Crippen LogP contribution in [-0.2, 0) is 12.7 Å². The highest BCUT2D eigenvalue weighted by atomic mass is 19.4. The number of hydrogen-bond donors (Lipinski definition) is 0. The predicted octanol–water partition coefficient (Wildman–Crippen LogP) is 5.75. The second-order valence-corrected chi connectivity index (χ2v) is 6.52. The Morgan fingerprint density at radius 3 is 2.32 bits per heavy atom. The zero-order chi connectivity index (χ0) is 20.5. The van der Waals surface area contributed by atoms with Crippen molar-refractivity contribution in [2.45, 2.75) is 26.6 Å². The molecule has 0 saturated carbocycles. The Bertz CT molecular complexity index is 1120. The summed E-state index contributed by atoms with van der Waals surface area (Å²) in [6, 6.07) is 14.9. The molecule has 0 aliphatic heterocycles. The van der Waals surface area contributed by atoms with E-state index in [1.807, 2.05) is 32.0 Å². The summed E-state index contributed by atoms with van der Waals surface area (Å²) < 4.78 is 41.7. The number of aromatic nitrogens is 1. The van der Waals surface area contributed by atoms with Gasteiger partial charge in [0.25, 0.3) is 11.2 Å². The van der Waals surface area contributed by atoms with Crippen molar-refractivity contribution in [1.82, 2.24) is 4.57 Å². The molecule has 0 bridgehead atoms. The summed E-state index contributed by atoms with van der Waals surface area (Å²) in [5.74, 6) is 0. The Kier molecular flexibility index (Phi) is 5.10. The monoisotopic (exact) mass is 382 g/mol. The molecule has 3 aromatic rings. The second kappa shape index (κ2) is 7.35. The van der Waals surface area contributed by atoms with Crippen LogP contribution < -0.4 is 5.56 Å². The number of hydrogen-bond acceptors (Lipinski definition) is 1. The van der Waals surface area contributed by atoms with Crippen LogP contribution in [0.15, 0.2) is 59.4 Å². The quantitative estimate of drug-likeness (QED) is 0.530. The Labute approximate surface area is 160 Å². The summed E-state index contributed by atoms with van der Waals surface area (Å²) in [6.07, 6.45) is -4.79. The van der Waals surface area contributed by atoms with Crippen molar-refractivity contribution in [2.24, 2.45) is 0 Å². The van der Waals surface area contributed by atoms with Crippen LogP contribution in [0.1, 0.15) is 22.3 Å². The van der Waals surface area contributed by atoms with E-state index in [1.165, 1.54) is 4.57 Å². The van der Waals surface area contributed by atoms with E-state index in [0.717, 1.165) is 22.8 Å². The van der Waals surface area contributed by atoms with Gasteiger partial charge in [-0.3, -0.25) is 4.79 Å². The fourth-order valence-corrected chi connectivity index (χ4v) is 3.12. The lowest BCUT2D eigenvalue weighted by Gasteiger charge is -2.19. The Morgan fingerprint density at radius 1 is 1.04 bits per heavy atom. The average Bonchev–Trinajstić information content (AvgIpc) is 2.66. The highest BCUT2D eigenvalue weighted by Crippen LogP contribution is 2.37. The van der Waals surface area contributed by atoms with Crippen LogP contribution in [0, 0.1) is 20.4 Å². The van der Waals surface area contributed by atoms with Gasteiger partial charge in [-0.25, -0.2) is 4.85 Å². The Balaban J connectivity index is 2.33. The number of pyridine rings is 1. The second-order valence-electron chi connectivity index (χ2n) is 6.52. The first-order valence-corrected chi connectivity index (χ1v) is 8.57. The molecule has 0 saturated heterocycles. The minimum Gasteiger partial charge on any atom is -0.313 e. The van der Waals surface area contributed by atoms with E-state index in [2.05, 4.69) is 4.85 Å². The molecule has 2 aromatic carbocycles. The molecule has 0 radical (unpaired) electrons. The van der Waals surface area contributed by atoms with Crippen LogP contribution in [0.2, 0.25) is 0 Å². The molecule has 0 aliphatic carbocycles. The maximum absolute atomic E-state index is 13.5. The summed E-state index contributed by atoms with van der Waals surface area (Å²) in [6.45, 7) is 11.1. The van der Waals surface area contributed by atoms with Crippen molar-refractivity contribution < 1.29 is 13.2 Å². The molecule has 0 fully saturated rings. The number of nitrogens with zero attached hydrogens (tertiary/aromatic N) is 2. The molecule has 0 unspecified atom stereocenters. The minimum absolute atomic E-state index is 0.0806. The lowest BCUT2D eigenvalue weighted by molar-refractivity contribution is -0.136. The SMILES string of the molecule is [C-]#[N+]c1c(C(F)(F)F)cc(-c2ccccc2)n(Cc2cccc(C)c2C)c1=O. The lowest BCUT2D eigenvalue weighted by atomic mass is 10.0. The molecule has 142 valence electrons. The zero-order valence-electron chi connectivity index (χ0n) is 15.3. The maximum atomic E-state index is 13.5. The van der Waals surface area contributed by atoms with Crippen LogP contribution in [0.5, 0.6) is 0 Å². The molecule has 28 heavy (non-hydrogen) atoms. The van der Waals surface area contributed by atoms with Crippen LogP contribution in [-0.4, -0.2) is 4.57 Å². The standard InChI is InChI=1S/C22H17F3N2O/c1-14-8-7-11-17(15(14)2)13-27-19(16-9-5-4-6-10-16)12-18(22(23,24)25)20(26-3)21(27)28/h4-12H,13H2,1-2H3. The van der Waals surface area contributed by atoms with Gasteiger partial charge in [-0.1, -0.05) is 48.5 Å². The number of alkyl halides is 3. The van der Waals surface area contributed by atoms with Gasteiger partial charge in [0.15, 0.2) is 0 Å². The predicted molar refractivity (Wildman–Crippen MR) is 102 cm³/mol. The van der Waals surface area contributed by atoms with Gasteiger partial charge in [-0.15, -0.1) is 0 Å². The smallest absolute Gasteiger partial charge is 0.313 e. The molecule has 1 aromatic heterocycles. The third kappa shape index (κ3) is 3.56. The van der Waals surface area contributed by atoms with Crippen LogP contribution >= 0.6 is 0 Å². The summed E-state index contributed by atoms with van der Waals surface area (Å²) in [4.78, 5) is 15.8. The molecule has 3 nitrogen and oxygen atoms in total. The van der Waals surface area contributed by atoms with Crippen molar-refractivity contribution in [3.63, 3.8) is 0 Å². The molecule has 0 atom stereocenters. The summed E-state index contributed by atoms with van der Waals surface area (Å²) in [5.41, 5.74) is 0.348. The highest BCUT2D eigenvalue weighted by Gasteiger charge is 2.36.